The Kier molecular flexibility index (Phi) is 10.1. The number of hydrogen-bond acceptors (Lipinski definition) is 3. The predicted octanol–water partition coefficient (Wildman–Crippen LogP) is 7.12. The summed E-state index contributed by atoms with van der Waals surface area (Å²) >= 11 is 6.15. The van der Waals surface area contributed by atoms with E-state index < -0.39 is 0 Å². The fourth-order valence-electron chi connectivity index (χ4n) is 3.41. The Morgan fingerprint density at radius 2 is 1.77 bits per heavy atom. The van der Waals surface area contributed by atoms with Crippen LogP contribution in [0.4, 0.5) is 4.39 Å². The van der Waals surface area contributed by atoms with E-state index in [0.29, 0.717) is 23.1 Å². The molecule has 1 atom stereocenters. The highest BCUT2D eigenvalue weighted by Gasteiger charge is 2.15. The van der Waals surface area contributed by atoms with Crippen LogP contribution in [-0.2, 0) is 13.2 Å². The monoisotopic (exact) mass is 463 g/mol. The molecule has 3 aromatic rings. The molecule has 3 aromatic carbocycles. The Bertz CT molecular complexity index is 954. The molecule has 0 saturated carbocycles. The molecule has 0 aliphatic heterocycles. The van der Waals surface area contributed by atoms with Crippen LogP contribution in [0.3, 0.4) is 0 Å². The number of nitrogens with one attached hydrogen (secondary N) is 1. The summed E-state index contributed by atoms with van der Waals surface area (Å²) in [5.41, 5.74) is 2.98. The third kappa shape index (κ3) is 6.86. The number of benzene rings is 3. The van der Waals surface area contributed by atoms with Gasteiger partial charge < -0.3 is 14.8 Å². The number of ether oxygens (including phenoxy) is 2. The lowest BCUT2D eigenvalue weighted by molar-refractivity contribution is 0.280. The van der Waals surface area contributed by atoms with Crippen molar-refractivity contribution in [2.75, 3.05) is 7.11 Å². The summed E-state index contributed by atoms with van der Waals surface area (Å²) in [5.74, 6) is 0.948. The largest absolute Gasteiger partial charge is 0.493 e. The number of halogens is 3. The first-order valence-corrected chi connectivity index (χ1v) is 10.5. The van der Waals surface area contributed by atoms with Gasteiger partial charge in [-0.1, -0.05) is 73.5 Å². The topological polar surface area (TPSA) is 30.5 Å². The highest BCUT2D eigenvalue weighted by molar-refractivity contribution is 6.31. The van der Waals surface area contributed by atoms with Gasteiger partial charge in [0.1, 0.15) is 12.4 Å². The Balaban J connectivity index is 0.00000341. The van der Waals surface area contributed by atoms with Gasteiger partial charge in [0.05, 0.1) is 12.1 Å². The van der Waals surface area contributed by atoms with Crippen molar-refractivity contribution in [3.8, 4) is 11.5 Å². The molecule has 0 fully saturated rings. The second-order valence-electron chi connectivity index (χ2n) is 7.11. The first-order valence-electron chi connectivity index (χ1n) is 10.1. The zero-order valence-electron chi connectivity index (χ0n) is 17.7. The van der Waals surface area contributed by atoms with Gasteiger partial charge in [-0.2, -0.15) is 0 Å². The summed E-state index contributed by atoms with van der Waals surface area (Å²) in [5, 5.41) is 3.99. The highest BCUT2D eigenvalue weighted by Crippen LogP contribution is 2.33. The Morgan fingerprint density at radius 3 is 2.45 bits per heavy atom. The van der Waals surface area contributed by atoms with Crippen LogP contribution in [0.25, 0.3) is 0 Å². The smallest absolute Gasteiger partial charge is 0.166 e. The maximum atomic E-state index is 13.3. The maximum Gasteiger partial charge on any atom is 0.166 e. The first-order chi connectivity index (χ1) is 14.6. The minimum absolute atomic E-state index is 0. The fraction of sp³-hybridized carbons (Fsp3) is 0.280. The molecule has 3 rings (SSSR count). The van der Waals surface area contributed by atoms with Crippen LogP contribution in [0.15, 0.2) is 66.7 Å². The molecule has 31 heavy (non-hydrogen) atoms. The minimum atomic E-state index is -0.367. The Hall–Kier alpha value is -2.27. The fourth-order valence-corrected chi connectivity index (χ4v) is 3.63. The van der Waals surface area contributed by atoms with Crippen molar-refractivity contribution in [3.05, 3.63) is 94.3 Å². The van der Waals surface area contributed by atoms with Crippen LogP contribution in [0.5, 0.6) is 11.5 Å². The molecule has 0 aromatic heterocycles. The standard InChI is InChI=1S/C25H27ClFNO2.ClH/c1-3-8-23(18-9-5-4-6-10-18)28-16-19-11-7-12-24(29-2)25(19)30-17-20-13-14-21(27)15-22(20)26;/h4-7,9-15,23,28H,3,8,16-17H2,1-2H3;1H. The van der Waals surface area contributed by atoms with Gasteiger partial charge in [-0.05, 0) is 30.2 Å². The number of methoxy groups -OCH3 is 1. The Labute approximate surface area is 194 Å². The summed E-state index contributed by atoms with van der Waals surface area (Å²) in [6, 6.07) is 20.8. The molecular weight excluding hydrogens is 436 g/mol. The second kappa shape index (κ2) is 12.6. The van der Waals surface area contributed by atoms with Crippen molar-refractivity contribution in [2.45, 2.75) is 39.0 Å². The van der Waals surface area contributed by atoms with Crippen molar-refractivity contribution in [3.63, 3.8) is 0 Å². The summed E-state index contributed by atoms with van der Waals surface area (Å²) < 4.78 is 24.9. The van der Waals surface area contributed by atoms with Crippen molar-refractivity contribution in [1.82, 2.24) is 5.32 Å². The van der Waals surface area contributed by atoms with E-state index in [9.17, 15) is 4.39 Å². The average molecular weight is 464 g/mol. The van der Waals surface area contributed by atoms with Gasteiger partial charge in [-0.25, -0.2) is 4.39 Å². The summed E-state index contributed by atoms with van der Waals surface area (Å²) in [4.78, 5) is 0. The van der Waals surface area contributed by atoms with Crippen molar-refractivity contribution < 1.29 is 13.9 Å². The van der Waals surface area contributed by atoms with Crippen LogP contribution >= 0.6 is 24.0 Å². The SMILES string of the molecule is CCCC(NCc1cccc(OC)c1OCc1ccc(F)cc1Cl)c1ccccc1.Cl. The lowest BCUT2D eigenvalue weighted by Crippen LogP contribution is -2.21. The van der Waals surface area contributed by atoms with Crippen LogP contribution < -0.4 is 14.8 Å². The van der Waals surface area contributed by atoms with Crippen LogP contribution in [-0.4, -0.2) is 7.11 Å². The quantitative estimate of drug-likeness (QED) is 0.347. The number of para-hydroxylation sites is 1. The molecule has 0 bridgehead atoms. The van der Waals surface area contributed by atoms with E-state index in [4.69, 9.17) is 21.1 Å². The molecule has 0 aliphatic rings. The predicted molar refractivity (Wildman–Crippen MR) is 127 cm³/mol. The van der Waals surface area contributed by atoms with Crippen LogP contribution in [0, 0.1) is 5.82 Å². The van der Waals surface area contributed by atoms with Crippen LogP contribution in [0.2, 0.25) is 5.02 Å². The van der Waals surface area contributed by atoms with E-state index in [1.807, 2.05) is 24.3 Å². The first kappa shape index (κ1) is 25.0. The van der Waals surface area contributed by atoms with E-state index in [0.717, 1.165) is 24.0 Å². The molecule has 0 radical (unpaired) electrons. The lowest BCUT2D eigenvalue weighted by atomic mass is 10.0. The maximum absolute atomic E-state index is 13.3. The Morgan fingerprint density at radius 1 is 1.00 bits per heavy atom. The summed E-state index contributed by atoms with van der Waals surface area (Å²) in [6.45, 7) is 3.04. The molecule has 0 heterocycles. The third-order valence-electron chi connectivity index (χ3n) is 4.99. The molecule has 3 nitrogen and oxygen atoms in total. The molecule has 0 saturated heterocycles. The van der Waals surface area contributed by atoms with E-state index >= 15 is 0 Å². The molecule has 0 amide bonds. The van der Waals surface area contributed by atoms with Crippen LogP contribution in [0.1, 0.15) is 42.5 Å². The molecule has 6 heteroatoms. The molecule has 166 valence electrons. The van der Waals surface area contributed by atoms with Gasteiger partial charge in [0.15, 0.2) is 11.5 Å². The van der Waals surface area contributed by atoms with E-state index in [1.54, 1.807) is 13.2 Å². The zero-order valence-corrected chi connectivity index (χ0v) is 19.3. The lowest BCUT2D eigenvalue weighted by Gasteiger charge is -2.21. The zero-order chi connectivity index (χ0) is 21.3. The van der Waals surface area contributed by atoms with E-state index in [2.05, 4.69) is 36.5 Å². The number of rotatable bonds is 10. The van der Waals surface area contributed by atoms with Crippen molar-refractivity contribution >= 4 is 24.0 Å². The van der Waals surface area contributed by atoms with E-state index in [-0.39, 0.29) is 30.9 Å². The summed E-state index contributed by atoms with van der Waals surface area (Å²) in [6.07, 6.45) is 2.12. The van der Waals surface area contributed by atoms with Gasteiger partial charge in [-0.3, -0.25) is 0 Å². The summed E-state index contributed by atoms with van der Waals surface area (Å²) in [7, 11) is 1.62. The van der Waals surface area contributed by atoms with E-state index in [1.165, 1.54) is 17.7 Å². The molecule has 0 spiro atoms. The molecule has 1 unspecified atom stereocenters. The third-order valence-corrected chi connectivity index (χ3v) is 5.34. The highest BCUT2D eigenvalue weighted by atomic mass is 35.5. The van der Waals surface area contributed by atoms with Crippen molar-refractivity contribution in [2.24, 2.45) is 0 Å². The van der Waals surface area contributed by atoms with Gasteiger partial charge >= 0.3 is 0 Å². The van der Waals surface area contributed by atoms with Gasteiger partial charge in [0.2, 0.25) is 0 Å². The normalized spacial score (nSPS) is 11.5. The van der Waals surface area contributed by atoms with Gasteiger partial charge in [0.25, 0.3) is 0 Å². The van der Waals surface area contributed by atoms with Gasteiger partial charge in [0, 0.05) is 23.7 Å². The second-order valence-corrected chi connectivity index (χ2v) is 7.51. The molecular formula is C25H28Cl2FNO2. The molecule has 0 aliphatic carbocycles. The average Bonchev–Trinajstić information content (AvgIpc) is 2.77. The molecule has 1 N–H and O–H groups in total. The van der Waals surface area contributed by atoms with Crippen molar-refractivity contribution in [1.29, 1.82) is 0 Å². The van der Waals surface area contributed by atoms with Gasteiger partial charge in [-0.15, -0.1) is 12.4 Å². The number of hydrogen-bond donors (Lipinski definition) is 1. The minimum Gasteiger partial charge on any atom is -0.493 e.